The Morgan fingerprint density at radius 1 is 1.07 bits per heavy atom. The molecule has 6 nitrogen and oxygen atoms in total. The molecule has 0 amide bonds. The molecule has 29 heavy (non-hydrogen) atoms. The van der Waals surface area contributed by atoms with E-state index in [-0.39, 0.29) is 11.5 Å². The molecule has 7 heteroatoms. The molecule has 0 aliphatic carbocycles. The van der Waals surface area contributed by atoms with Gasteiger partial charge in [-0.25, -0.2) is 4.79 Å². The maximum atomic E-state index is 12.2. The number of hydrogen-bond donors (Lipinski definition) is 1. The van der Waals surface area contributed by atoms with Crippen LogP contribution < -0.4 is 4.74 Å². The average Bonchev–Trinajstić information content (AvgIpc) is 2.67. The molecule has 158 valence electrons. The summed E-state index contributed by atoms with van der Waals surface area (Å²) in [6.45, 7) is 5.45. The predicted octanol–water partition coefficient (Wildman–Crippen LogP) is 4.36. The quantitative estimate of drug-likeness (QED) is 0.429. The highest BCUT2D eigenvalue weighted by atomic mass is 32.2. The summed E-state index contributed by atoms with van der Waals surface area (Å²) in [6, 6.07) is 13.7. The number of benzene rings is 2. The van der Waals surface area contributed by atoms with Crippen molar-refractivity contribution in [2.24, 2.45) is 0 Å². The molecule has 0 saturated carbocycles. The highest BCUT2D eigenvalue weighted by Gasteiger charge is 2.34. The van der Waals surface area contributed by atoms with Crippen molar-refractivity contribution in [3.63, 3.8) is 0 Å². The van der Waals surface area contributed by atoms with Gasteiger partial charge in [-0.2, -0.15) is 8.42 Å². The molecule has 0 radical (unpaired) electrons. The van der Waals surface area contributed by atoms with Crippen LogP contribution in [0.25, 0.3) is 0 Å². The van der Waals surface area contributed by atoms with Crippen molar-refractivity contribution in [2.45, 2.75) is 57.0 Å². The van der Waals surface area contributed by atoms with Gasteiger partial charge in [-0.3, -0.25) is 4.18 Å². The zero-order valence-corrected chi connectivity index (χ0v) is 17.9. The lowest BCUT2D eigenvalue weighted by Crippen LogP contribution is -2.41. The minimum atomic E-state index is -3.75. The number of aliphatic carboxylic acids is 1. The van der Waals surface area contributed by atoms with Gasteiger partial charge in [-0.15, -0.1) is 0 Å². The van der Waals surface area contributed by atoms with E-state index in [1.807, 2.05) is 26.0 Å². The lowest BCUT2D eigenvalue weighted by Gasteiger charge is -2.26. The second kappa shape index (κ2) is 9.89. The summed E-state index contributed by atoms with van der Waals surface area (Å²) in [5.74, 6) is -0.499. The molecule has 2 aromatic rings. The summed E-state index contributed by atoms with van der Waals surface area (Å²) < 4.78 is 35.1. The van der Waals surface area contributed by atoms with Crippen molar-refractivity contribution < 1.29 is 27.2 Å². The van der Waals surface area contributed by atoms with Gasteiger partial charge >= 0.3 is 5.97 Å². The average molecular weight is 421 g/mol. The molecule has 0 bridgehead atoms. The summed E-state index contributed by atoms with van der Waals surface area (Å²) >= 11 is 0. The fourth-order valence-electron chi connectivity index (χ4n) is 2.88. The Kier molecular flexibility index (Phi) is 7.81. The lowest BCUT2D eigenvalue weighted by atomic mass is 10.0. The van der Waals surface area contributed by atoms with Crippen LogP contribution >= 0.6 is 0 Å². The molecular weight excluding hydrogens is 392 g/mol. The van der Waals surface area contributed by atoms with E-state index >= 15 is 0 Å². The molecule has 0 spiro atoms. The van der Waals surface area contributed by atoms with E-state index < -0.39 is 21.7 Å². The molecule has 1 unspecified atom stereocenters. The summed E-state index contributed by atoms with van der Waals surface area (Å²) in [7, 11) is -3.75. The smallest absolute Gasteiger partial charge is 0.347 e. The molecule has 0 aliphatic rings. The largest absolute Gasteiger partial charge is 0.478 e. The van der Waals surface area contributed by atoms with Crippen molar-refractivity contribution in [2.75, 3.05) is 6.61 Å². The topological polar surface area (TPSA) is 89.9 Å². The molecule has 0 heterocycles. The van der Waals surface area contributed by atoms with Gasteiger partial charge in [0.15, 0.2) is 0 Å². The fourth-order valence-corrected chi connectivity index (χ4v) is 3.82. The highest BCUT2D eigenvalue weighted by Crippen LogP contribution is 2.24. The number of carboxylic acid groups (broad SMARTS) is 1. The number of carbonyl (C=O) groups is 1. The minimum absolute atomic E-state index is 0.0854. The summed E-state index contributed by atoms with van der Waals surface area (Å²) in [5.41, 5.74) is 0.713. The van der Waals surface area contributed by atoms with Crippen molar-refractivity contribution in [3.8, 4) is 5.75 Å². The molecule has 0 aliphatic heterocycles. The van der Waals surface area contributed by atoms with Crippen molar-refractivity contribution in [1.82, 2.24) is 0 Å². The van der Waals surface area contributed by atoms with E-state index in [9.17, 15) is 18.3 Å². The van der Waals surface area contributed by atoms with Crippen LogP contribution in [0.1, 0.15) is 44.2 Å². The molecule has 1 atom stereocenters. The van der Waals surface area contributed by atoms with E-state index in [0.717, 1.165) is 11.1 Å². The standard InChI is InChI=1S/C22H28O6S/c1-4-15-22(3,21(23)24)28-19-11-9-18(10-12-19)6-5-16-27-29(25,26)20-13-7-17(2)8-14-20/h7-14H,4-6,15-16H2,1-3H3,(H,23,24). The van der Waals surface area contributed by atoms with E-state index in [2.05, 4.69) is 0 Å². The van der Waals surface area contributed by atoms with Crippen LogP contribution in [0.2, 0.25) is 0 Å². The number of carboxylic acids is 1. The van der Waals surface area contributed by atoms with Crippen LogP contribution in [0.15, 0.2) is 53.4 Å². The second-order valence-corrected chi connectivity index (χ2v) is 8.84. The zero-order valence-electron chi connectivity index (χ0n) is 17.1. The van der Waals surface area contributed by atoms with Gasteiger partial charge in [-0.1, -0.05) is 43.2 Å². The third-order valence-electron chi connectivity index (χ3n) is 4.60. The van der Waals surface area contributed by atoms with Crippen LogP contribution in [0, 0.1) is 6.92 Å². The Balaban J connectivity index is 1.86. The monoisotopic (exact) mass is 420 g/mol. The maximum Gasteiger partial charge on any atom is 0.347 e. The Labute approximate surface area is 172 Å². The third-order valence-corrected chi connectivity index (χ3v) is 5.93. The minimum Gasteiger partial charge on any atom is -0.478 e. The Morgan fingerprint density at radius 2 is 1.69 bits per heavy atom. The van der Waals surface area contributed by atoms with Crippen molar-refractivity contribution >= 4 is 16.1 Å². The zero-order chi connectivity index (χ0) is 21.5. The highest BCUT2D eigenvalue weighted by molar-refractivity contribution is 7.86. The normalized spacial score (nSPS) is 13.6. The Hall–Kier alpha value is -2.38. The Bertz CT molecular complexity index is 903. The number of ether oxygens (including phenoxy) is 1. The van der Waals surface area contributed by atoms with Gasteiger partial charge < -0.3 is 9.84 Å². The van der Waals surface area contributed by atoms with E-state index in [1.165, 1.54) is 12.1 Å². The van der Waals surface area contributed by atoms with E-state index in [0.29, 0.717) is 31.4 Å². The van der Waals surface area contributed by atoms with Crippen molar-refractivity contribution in [3.05, 3.63) is 59.7 Å². The second-order valence-electron chi connectivity index (χ2n) is 7.22. The first-order valence-corrected chi connectivity index (χ1v) is 11.0. The summed E-state index contributed by atoms with van der Waals surface area (Å²) in [6.07, 6.45) is 2.28. The molecule has 1 N–H and O–H groups in total. The first kappa shape index (κ1) is 22.9. The van der Waals surface area contributed by atoms with Crippen LogP contribution in [0.3, 0.4) is 0 Å². The lowest BCUT2D eigenvalue weighted by molar-refractivity contribution is -0.154. The number of hydrogen-bond acceptors (Lipinski definition) is 5. The Morgan fingerprint density at radius 3 is 2.24 bits per heavy atom. The molecule has 2 rings (SSSR count). The van der Waals surface area contributed by atoms with E-state index in [4.69, 9.17) is 8.92 Å². The third kappa shape index (κ3) is 6.58. The summed E-state index contributed by atoms with van der Waals surface area (Å²) in [5, 5.41) is 9.40. The van der Waals surface area contributed by atoms with Crippen LogP contribution in [-0.2, 0) is 25.5 Å². The maximum absolute atomic E-state index is 12.2. The molecule has 0 saturated heterocycles. The molecule has 0 fully saturated rings. The molecular formula is C22H28O6S. The van der Waals surface area contributed by atoms with Gasteiger partial charge in [0.05, 0.1) is 11.5 Å². The molecule has 2 aromatic carbocycles. The van der Waals surface area contributed by atoms with Gasteiger partial charge in [0.1, 0.15) is 5.75 Å². The van der Waals surface area contributed by atoms with Gasteiger partial charge in [0.2, 0.25) is 5.60 Å². The van der Waals surface area contributed by atoms with E-state index in [1.54, 1.807) is 31.2 Å². The van der Waals surface area contributed by atoms with Crippen LogP contribution in [0.4, 0.5) is 0 Å². The first-order chi connectivity index (χ1) is 13.7. The predicted molar refractivity (Wildman–Crippen MR) is 111 cm³/mol. The van der Waals surface area contributed by atoms with Gasteiger partial charge in [0, 0.05) is 0 Å². The number of rotatable bonds is 11. The fraction of sp³-hybridized carbons (Fsp3) is 0.409. The van der Waals surface area contributed by atoms with Gasteiger partial charge in [-0.05, 0) is 62.9 Å². The number of aryl methyl sites for hydroxylation is 2. The first-order valence-electron chi connectivity index (χ1n) is 9.64. The van der Waals surface area contributed by atoms with Crippen LogP contribution in [0.5, 0.6) is 5.75 Å². The SMILES string of the molecule is CCCC(C)(Oc1ccc(CCCOS(=O)(=O)c2ccc(C)cc2)cc1)C(=O)O. The van der Waals surface area contributed by atoms with Crippen molar-refractivity contribution in [1.29, 1.82) is 0 Å². The molecule has 0 aromatic heterocycles. The van der Waals surface area contributed by atoms with Crippen LogP contribution in [-0.4, -0.2) is 31.7 Å². The summed E-state index contributed by atoms with van der Waals surface area (Å²) in [4.78, 5) is 11.6. The van der Waals surface area contributed by atoms with Gasteiger partial charge in [0.25, 0.3) is 10.1 Å².